The lowest BCUT2D eigenvalue weighted by Crippen LogP contribution is -2.76. The number of hydrogen-bond donors (Lipinski definition) is 2. The number of hydrogen-bond acceptors (Lipinski definition) is 9. The second kappa shape index (κ2) is 15.9. The van der Waals surface area contributed by atoms with Crippen molar-refractivity contribution in [2.24, 2.45) is 0 Å². The summed E-state index contributed by atoms with van der Waals surface area (Å²) in [7, 11) is 0. The van der Waals surface area contributed by atoms with E-state index in [1.165, 1.54) is 22.0 Å². The number of likely N-dealkylation sites (N-methyl/N-ethyl adjacent to an activating group) is 1. The molecule has 4 amide bonds. The monoisotopic (exact) mass is 725 g/mol. The lowest BCUT2D eigenvalue weighted by atomic mass is 9.98. The summed E-state index contributed by atoms with van der Waals surface area (Å²) in [5, 5.41) is 16.0. The molecule has 7 rings (SSSR count). The fourth-order valence-electron chi connectivity index (χ4n) is 7.85. The third-order valence-electron chi connectivity index (χ3n) is 10.8. The fraction of sp³-hybridized carbons (Fsp3) is 0.436. The zero-order valence-electron chi connectivity index (χ0n) is 30.2. The molecule has 0 bridgehead atoms. The molecule has 0 saturated carbocycles. The molecule has 2 N–H and O–H groups in total. The predicted octanol–water partition coefficient (Wildman–Crippen LogP) is 2.49. The Morgan fingerprint density at radius 2 is 1.79 bits per heavy atom. The number of anilines is 1. The van der Waals surface area contributed by atoms with Crippen molar-refractivity contribution in [3.05, 3.63) is 102 Å². The van der Waals surface area contributed by atoms with Crippen LogP contribution in [0.5, 0.6) is 5.75 Å². The largest absolute Gasteiger partial charge is 0.508 e. The summed E-state index contributed by atoms with van der Waals surface area (Å²) in [6.45, 7) is 13.7. The Morgan fingerprint density at radius 3 is 2.51 bits per heavy atom. The number of hydrazine groups is 1. The molecule has 0 unspecified atom stereocenters. The van der Waals surface area contributed by atoms with Crippen LogP contribution in [-0.2, 0) is 29.1 Å². The molecule has 0 spiro atoms. The van der Waals surface area contributed by atoms with Crippen LogP contribution in [0.15, 0.2) is 79.4 Å². The highest BCUT2D eigenvalue weighted by molar-refractivity contribution is 5.91. The number of urea groups is 1. The van der Waals surface area contributed by atoms with E-state index in [2.05, 4.69) is 33.5 Å². The molecule has 13 nitrogen and oxygen atoms in total. The molecule has 1 aromatic heterocycles. The lowest BCUT2D eigenvalue weighted by molar-refractivity contribution is -0.189. The highest BCUT2D eigenvalue weighted by Crippen LogP contribution is 2.31. The van der Waals surface area contributed by atoms with Gasteiger partial charge in [0, 0.05) is 70.9 Å². The van der Waals surface area contributed by atoms with E-state index in [4.69, 9.17) is 4.98 Å². The van der Waals surface area contributed by atoms with Crippen molar-refractivity contribution in [3.63, 3.8) is 0 Å². The highest BCUT2D eigenvalue weighted by Gasteiger charge is 2.51. The van der Waals surface area contributed by atoms with Gasteiger partial charge in [0.05, 0.1) is 25.3 Å². The average Bonchev–Trinajstić information content (AvgIpc) is 3.14. The maximum Gasteiger partial charge on any atom is 0.334 e. The molecule has 0 aliphatic carbocycles. The van der Waals surface area contributed by atoms with Gasteiger partial charge in [-0.05, 0) is 35.9 Å². The lowest BCUT2D eigenvalue weighted by Gasteiger charge is -2.55. The number of benzene rings is 2. The van der Waals surface area contributed by atoms with E-state index in [1.807, 2.05) is 48.5 Å². The molecule has 0 radical (unpaired) electrons. The second-order valence-corrected chi connectivity index (χ2v) is 14.1. The van der Waals surface area contributed by atoms with Gasteiger partial charge in [0.15, 0.2) is 0 Å². The van der Waals surface area contributed by atoms with E-state index in [-0.39, 0.29) is 62.3 Å². The van der Waals surface area contributed by atoms with Crippen LogP contribution in [0.25, 0.3) is 0 Å². The molecule has 4 saturated heterocycles. The summed E-state index contributed by atoms with van der Waals surface area (Å²) in [5.41, 5.74) is 1.75. The van der Waals surface area contributed by atoms with Crippen molar-refractivity contribution >= 4 is 23.7 Å². The summed E-state index contributed by atoms with van der Waals surface area (Å²) in [5.74, 6) is -0.812. The van der Waals surface area contributed by atoms with Gasteiger partial charge in [0.1, 0.15) is 29.6 Å². The highest BCUT2D eigenvalue weighted by atomic mass is 19.1. The summed E-state index contributed by atoms with van der Waals surface area (Å²) >= 11 is 0. The SMILES string of the molecule is C=CCN1CC(=O)N2[C@H](Cc3ccc(O)cc3F)C(=O)N(Cc3cccc(N4CC(N5CCN(CC)CC5)C4)n3)C[C@H]2N1C(=O)NCc1ccccc1. The van der Waals surface area contributed by atoms with Crippen LogP contribution in [0.4, 0.5) is 15.0 Å². The van der Waals surface area contributed by atoms with Crippen LogP contribution in [0, 0.1) is 5.82 Å². The predicted molar refractivity (Wildman–Crippen MR) is 198 cm³/mol. The summed E-state index contributed by atoms with van der Waals surface area (Å²) < 4.78 is 15.2. The minimum Gasteiger partial charge on any atom is -0.508 e. The number of aromatic hydroxyl groups is 1. The molecule has 2 aromatic carbocycles. The zero-order valence-corrected chi connectivity index (χ0v) is 30.2. The van der Waals surface area contributed by atoms with Gasteiger partial charge in [0.25, 0.3) is 0 Å². The normalized spacial score (nSPS) is 21.8. The number of phenols is 1. The number of rotatable bonds is 11. The van der Waals surface area contributed by atoms with Gasteiger partial charge in [-0.3, -0.25) is 14.5 Å². The van der Waals surface area contributed by atoms with E-state index in [0.717, 1.165) is 63.3 Å². The van der Waals surface area contributed by atoms with Crippen molar-refractivity contribution < 1.29 is 23.9 Å². The van der Waals surface area contributed by atoms with Crippen LogP contribution in [0.3, 0.4) is 0 Å². The van der Waals surface area contributed by atoms with Gasteiger partial charge in [-0.15, -0.1) is 6.58 Å². The molecule has 4 aliphatic heterocycles. The number of phenolic OH excluding ortho intramolecular Hbond substituents is 1. The molecule has 4 aliphatic rings. The first kappa shape index (κ1) is 36.3. The number of piperazine rings is 2. The number of fused-ring (bicyclic) bond motifs is 1. The van der Waals surface area contributed by atoms with Crippen LogP contribution in [0.1, 0.15) is 23.7 Å². The Labute approximate surface area is 309 Å². The molecule has 5 heterocycles. The molecule has 14 heteroatoms. The standard InChI is InChI=1S/C39H48FN9O4/c1-3-15-47-27-37(51)48-34(20-29-13-14-32(50)21-33(29)40)38(52)46(26-36(48)49(47)39(53)41-22-28-9-6-5-7-10-28)23-30-11-8-12-35(42-30)45-24-31(25-45)44-18-16-43(4-2)17-19-44/h3,5-14,21,31,34,36,50H,1,4,15-20,22-27H2,2H3,(H,41,53)/t34-,36-/m1/s1. The maximum atomic E-state index is 15.2. The molecule has 280 valence electrons. The first-order valence-corrected chi connectivity index (χ1v) is 18.4. The van der Waals surface area contributed by atoms with Crippen LogP contribution < -0.4 is 10.2 Å². The zero-order chi connectivity index (χ0) is 37.1. The van der Waals surface area contributed by atoms with Gasteiger partial charge in [-0.2, -0.15) is 0 Å². The molecule has 3 aromatic rings. The number of carbonyl (C=O) groups is 3. The van der Waals surface area contributed by atoms with Crippen molar-refractivity contribution in [1.82, 2.24) is 39.9 Å². The first-order valence-electron chi connectivity index (χ1n) is 18.4. The molecular weight excluding hydrogens is 677 g/mol. The van der Waals surface area contributed by atoms with Gasteiger partial charge < -0.3 is 30.0 Å². The van der Waals surface area contributed by atoms with Crippen molar-refractivity contribution in [3.8, 4) is 5.75 Å². The quantitative estimate of drug-likeness (QED) is 0.288. The molecule has 53 heavy (non-hydrogen) atoms. The minimum absolute atomic E-state index is 0.0208. The Kier molecular flexibility index (Phi) is 10.9. The molecule has 2 atom stereocenters. The summed E-state index contributed by atoms with van der Waals surface area (Å²) in [6, 6.07) is 18.0. The molecule has 4 fully saturated rings. The summed E-state index contributed by atoms with van der Waals surface area (Å²) in [6.07, 6.45) is 0.596. The number of amides is 4. The average molecular weight is 726 g/mol. The topological polar surface area (TPSA) is 119 Å². The van der Waals surface area contributed by atoms with Gasteiger partial charge in [-0.25, -0.2) is 24.2 Å². The van der Waals surface area contributed by atoms with Crippen LogP contribution in [-0.4, -0.2) is 141 Å². The van der Waals surface area contributed by atoms with Crippen molar-refractivity contribution in [1.29, 1.82) is 0 Å². The number of pyridine rings is 1. The van der Waals surface area contributed by atoms with E-state index in [1.54, 1.807) is 16.0 Å². The number of nitrogens with one attached hydrogen (secondary N) is 1. The number of aromatic nitrogens is 1. The Balaban J connectivity index is 1.14. The number of halogens is 1. The Morgan fingerprint density at radius 1 is 1.02 bits per heavy atom. The van der Waals surface area contributed by atoms with Gasteiger partial charge in [0.2, 0.25) is 11.8 Å². The van der Waals surface area contributed by atoms with E-state index < -0.39 is 24.1 Å². The van der Waals surface area contributed by atoms with Gasteiger partial charge >= 0.3 is 6.03 Å². The molecular formula is C39H48FN9O4. The summed E-state index contributed by atoms with van der Waals surface area (Å²) in [4.78, 5) is 57.7. The van der Waals surface area contributed by atoms with Crippen LogP contribution in [0.2, 0.25) is 0 Å². The fourth-order valence-corrected chi connectivity index (χ4v) is 7.85. The Hall–Kier alpha value is -5.05. The third-order valence-corrected chi connectivity index (χ3v) is 10.8. The third kappa shape index (κ3) is 7.85. The van der Waals surface area contributed by atoms with Crippen molar-refractivity contribution in [2.45, 2.75) is 44.7 Å². The van der Waals surface area contributed by atoms with Crippen molar-refractivity contribution in [2.75, 3.05) is 70.3 Å². The number of carbonyl (C=O) groups excluding carboxylic acids is 3. The maximum absolute atomic E-state index is 15.2. The van der Waals surface area contributed by atoms with E-state index in [9.17, 15) is 19.5 Å². The first-order chi connectivity index (χ1) is 25.7. The minimum atomic E-state index is -1.11. The number of nitrogens with zero attached hydrogens (tertiary/aromatic N) is 8. The van der Waals surface area contributed by atoms with Gasteiger partial charge in [-0.1, -0.05) is 55.5 Å². The smallest absolute Gasteiger partial charge is 0.334 e. The second-order valence-electron chi connectivity index (χ2n) is 14.1. The Bertz CT molecular complexity index is 1800. The van der Waals surface area contributed by atoms with E-state index >= 15 is 4.39 Å². The van der Waals surface area contributed by atoms with E-state index in [0.29, 0.717) is 11.7 Å². The van der Waals surface area contributed by atoms with Crippen LogP contribution >= 0.6 is 0 Å².